The molecule has 2 nitrogen and oxygen atoms in total. The zero-order valence-corrected chi connectivity index (χ0v) is 11.7. The van der Waals surface area contributed by atoms with E-state index in [1.54, 1.807) is 0 Å². The van der Waals surface area contributed by atoms with Gasteiger partial charge in [0, 0.05) is 13.1 Å². The normalized spacial score (nSPS) is 48.1. The standard InChI is InChI=1S/C16H25NO/c1-15(2)4-3-5-17(10-15)14(18)16-8-11-6-13(16)7-12(11)9-16/h11-13H,3-10H2,1-2H3. The van der Waals surface area contributed by atoms with E-state index < -0.39 is 0 Å². The Morgan fingerprint density at radius 1 is 1.17 bits per heavy atom. The maximum absolute atomic E-state index is 13.0. The highest BCUT2D eigenvalue weighted by molar-refractivity contribution is 5.85. The topological polar surface area (TPSA) is 20.3 Å². The first-order valence-electron chi connectivity index (χ1n) is 7.80. The van der Waals surface area contributed by atoms with E-state index in [-0.39, 0.29) is 5.41 Å². The SMILES string of the molecule is CC1(C)CCCN(C(=O)C23CC4CC2CC4C3)C1. The molecule has 1 aliphatic heterocycles. The minimum atomic E-state index is 0.114. The Morgan fingerprint density at radius 3 is 2.33 bits per heavy atom. The molecule has 18 heavy (non-hydrogen) atoms. The largest absolute Gasteiger partial charge is 0.342 e. The molecule has 5 fully saturated rings. The van der Waals surface area contributed by atoms with Crippen LogP contribution in [0.4, 0.5) is 0 Å². The van der Waals surface area contributed by atoms with Gasteiger partial charge in [-0.15, -0.1) is 0 Å². The minimum Gasteiger partial charge on any atom is -0.342 e. The minimum absolute atomic E-state index is 0.114. The Kier molecular flexibility index (Phi) is 2.08. The summed E-state index contributed by atoms with van der Waals surface area (Å²) >= 11 is 0. The smallest absolute Gasteiger partial charge is 0.229 e. The molecule has 0 spiro atoms. The van der Waals surface area contributed by atoms with Crippen LogP contribution in [-0.2, 0) is 4.79 Å². The molecule has 5 aliphatic rings. The second-order valence-corrected chi connectivity index (χ2v) is 8.25. The molecule has 0 N–H and O–H groups in total. The average Bonchev–Trinajstić information content (AvgIpc) is 2.98. The first-order chi connectivity index (χ1) is 8.50. The summed E-state index contributed by atoms with van der Waals surface area (Å²) in [4.78, 5) is 15.3. The summed E-state index contributed by atoms with van der Waals surface area (Å²) in [5, 5.41) is 0. The van der Waals surface area contributed by atoms with Crippen LogP contribution in [0.3, 0.4) is 0 Å². The van der Waals surface area contributed by atoms with Gasteiger partial charge < -0.3 is 4.90 Å². The van der Waals surface area contributed by atoms with Gasteiger partial charge in [0.2, 0.25) is 5.91 Å². The van der Waals surface area contributed by atoms with Crippen molar-refractivity contribution in [3.63, 3.8) is 0 Å². The van der Waals surface area contributed by atoms with E-state index >= 15 is 0 Å². The Hall–Kier alpha value is -0.530. The zero-order chi connectivity index (χ0) is 12.5. The molecule has 100 valence electrons. The Labute approximate surface area is 110 Å². The van der Waals surface area contributed by atoms with E-state index in [9.17, 15) is 4.79 Å². The molecule has 5 rings (SSSR count). The third kappa shape index (κ3) is 1.32. The molecule has 2 unspecified atom stereocenters. The van der Waals surface area contributed by atoms with Crippen molar-refractivity contribution in [2.24, 2.45) is 28.6 Å². The molecule has 1 amide bonds. The highest BCUT2D eigenvalue weighted by Gasteiger charge is 2.67. The second kappa shape index (κ2) is 3.32. The summed E-state index contributed by atoms with van der Waals surface area (Å²) in [6.07, 6.45) is 7.68. The lowest BCUT2D eigenvalue weighted by molar-refractivity contribution is -0.146. The van der Waals surface area contributed by atoms with Crippen molar-refractivity contribution in [2.75, 3.05) is 13.1 Å². The van der Waals surface area contributed by atoms with Gasteiger partial charge in [0.25, 0.3) is 0 Å². The van der Waals surface area contributed by atoms with Crippen molar-refractivity contribution in [1.82, 2.24) is 4.90 Å². The summed E-state index contributed by atoms with van der Waals surface area (Å²) in [5.41, 5.74) is 0.451. The summed E-state index contributed by atoms with van der Waals surface area (Å²) in [6.45, 7) is 6.65. The monoisotopic (exact) mass is 247 g/mol. The van der Waals surface area contributed by atoms with Gasteiger partial charge in [-0.05, 0) is 61.7 Å². The Balaban J connectivity index is 1.57. The average molecular weight is 247 g/mol. The fourth-order valence-electron chi connectivity index (χ4n) is 5.78. The molecule has 1 saturated heterocycles. The van der Waals surface area contributed by atoms with Gasteiger partial charge in [0.15, 0.2) is 0 Å². The molecule has 4 aliphatic carbocycles. The molecular weight excluding hydrogens is 222 g/mol. The summed E-state index contributed by atoms with van der Waals surface area (Å²) < 4.78 is 0. The fourth-order valence-corrected chi connectivity index (χ4v) is 5.78. The molecule has 4 bridgehead atoms. The van der Waals surface area contributed by atoms with Crippen LogP contribution in [0.2, 0.25) is 0 Å². The van der Waals surface area contributed by atoms with Gasteiger partial charge in [-0.1, -0.05) is 13.8 Å². The van der Waals surface area contributed by atoms with Crippen LogP contribution in [-0.4, -0.2) is 23.9 Å². The lowest BCUT2D eigenvalue weighted by Crippen LogP contribution is -2.50. The number of carbonyl (C=O) groups excluding carboxylic acids is 1. The van der Waals surface area contributed by atoms with Crippen molar-refractivity contribution in [1.29, 1.82) is 0 Å². The summed E-state index contributed by atoms with van der Waals surface area (Å²) in [6, 6.07) is 0. The van der Waals surface area contributed by atoms with Gasteiger partial charge in [-0.25, -0.2) is 0 Å². The van der Waals surface area contributed by atoms with E-state index in [1.807, 2.05) is 0 Å². The number of rotatable bonds is 1. The van der Waals surface area contributed by atoms with Crippen molar-refractivity contribution >= 4 is 5.91 Å². The third-order valence-corrected chi connectivity index (χ3v) is 6.49. The van der Waals surface area contributed by atoms with E-state index in [4.69, 9.17) is 0 Å². The van der Waals surface area contributed by atoms with Crippen LogP contribution in [0.25, 0.3) is 0 Å². The van der Waals surface area contributed by atoms with E-state index in [0.717, 1.165) is 30.8 Å². The first-order valence-corrected chi connectivity index (χ1v) is 7.80. The van der Waals surface area contributed by atoms with Gasteiger partial charge in [0.1, 0.15) is 0 Å². The van der Waals surface area contributed by atoms with Crippen LogP contribution in [0.5, 0.6) is 0 Å². The molecule has 0 radical (unpaired) electrons. The predicted octanol–water partition coefficient (Wildman–Crippen LogP) is 3.07. The Morgan fingerprint density at radius 2 is 1.83 bits per heavy atom. The lowest BCUT2D eigenvalue weighted by Gasteiger charge is -2.42. The highest BCUT2D eigenvalue weighted by Crippen LogP contribution is 2.70. The predicted molar refractivity (Wildman–Crippen MR) is 71.0 cm³/mol. The molecule has 2 atom stereocenters. The third-order valence-electron chi connectivity index (χ3n) is 6.49. The zero-order valence-electron chi connectivity index (χ0n) is 11.7. The quantitative estimate of drug-likeness (QED) is 0.697. The number of amides is 1. The number of piperidine rings is 1. The number of carbonyl (C=O) groups is 1. The first kappa shape index (κ1) is 11.3. The fraction of sp³-hybridized carbons (Fsp3) is 0.938. The molecule has 1 heterocycles. The number of hydrogen-bond acceptors (Lipinski definition) is 1. The van der Waals surface area contributed by atoms with E-state index in [2.05, 4.69) is 18.7 Å². The van der Waals surface area contributed by atoms with E-state index in [0.29, 0.717) is 11.3 Å². The van der Waals surface area contributed by atoms with Crippen LogP contribution in [0, 0.1) is 28.6 Å². The number of hydrogen-bond donors (Lipinski definition) is 0. The number of likely N-dealkylation sites (tertiary alicyclic amines) is 1. The molecule has 2 heteroatoms. The lowest BCUT2D eigenvalue weighted by atomic mass is 9.77. The van der Waals surface area contributed by atoms with E-state index in [1.165, 1.54) is 38.5 Å². The van der Waals surface area contributed by atoms with Gasteiger partial charge >= 0.3 is 0 Å². The molecule has 0 aromatic heterocycles. The summed E-state index contributed by atoms with van der Waals surface area (Å²) in [7, 11) is 0. The molecule has 4 saturated carbocycles. The van der Waals surface area contributed by atoms with Gasteiger partial charge in [0.05, 0.1) is 5.41 Å². The second-order valence-electron chi connectivity index (χ2n) is 8.25. The van der Waals surface area contributed by atoms with Crippen molar-refractivity contribution in [3.05, 3.63) is 0 Å². The molecule has 0 aromatic carbocycles. The maximum Gasteiger partial charge on any atom is 0.229 e. The molecular formula is C16H25NO. The van der Waals surface area contributed by atoms with Crippen LogP contribution < -0.4 is 0 Å². The highest BCUT2D eigenvalue weighted by atomic mass is 16.2. The van der Waals surface area contributed by atoms with Crippen LogP contribution >= 0.6 is 0 Å². The summed E-state index contributed by atoms with van der Waals surface area (Å²) in [5.74, 6) is 3.13. The van der Waals surface area contributed by atoms with Crippen molar-refractivity contribution in [2.45, 2.75) is 52.4 Å². The molecule has 0 aromatic rings. The van der Waals surface area contributed by atoms with Crippen molar-refractivity contribution in [3.8, 4) is 0 Å². The van der Waals surface area contributed by atoms with Crippen molar-refractivity contribution < 1.29 is 4.79 Å². The van der Waals surface area contributed by atoms with Gasteiger partial charge in [-0.3, -0.25) is 4.79 Å². The number of nitrogens with zero attached hydrogens (tertiary/aromatic N) is 1. The van der Waals surface area contributed by atoms with Crippen LogP contribution in [0.1, 0.15) is 52.4 Å². The Bertz CT molecular complexity index is 386. The van der Waals surface area contributed by atoms with Gasteiger partial charge in [-0.2, -0.15) is 0 Å². The van der Waals surface area contributed by atoms with Crippen LogP contribution in [0.15, 0.2) is 0 Å². The maximum atomic E-state index is 13.0.